The maximum Gasteiger partial charge on any atom is 0.109 e. The van der Waals surface area contributed by atoms with Gasteiger partial charge in [-0.15, -0.1) is 11.6 Å². The Bertz CT molecular complexity index is 101. The highest BCUT2D eigenvalue weighted by Crippen LogP contribution is 2.08. The quantitative estimate of drug-likeness (QED) is 0.376. The zero-order chi connectivity index (χ0) is 5.91. The molecule has 0 bridgehead atoms. The zero-order valence-corrected chi connectivity index (χ0v) is 5.08. The molecule has 0 saturated heterocycles. The molecule has 0 heterocycles. The second kappa shape index (κ2) is 2.09. The third kappa shape index (κ3) is 5.65. The summed E-state index contributed by atoms with van der Waals surface area (Å²) in [6.45, 7) is 3.41. The third-order valence-electron chi connectivity index (χ3n) is 0.353. The van der Waals surface area contributed by atoms with Gasteiger partial charge in [0.1, 0.15) is 11.0 Å². The van der Waals surface area contributed by atoms with Gasteiger partial charge >= 0.3 is 0 Å². The lowest BCUT2D eigenvalue weighted by atomic mass is 10.2. The maximum absolute atomic E-state index is 7.96. The Morgan fingerprint density at radius 3 is 2.00 bits per heavy atom. The van der Waals surface area contributed by atoms with Crippen LogP contribution in [0.1, 0.15) is 13.8 Å². The summed E-state index contributed by atoms with van der Waals surface area (Å²) in [6.07, 6.45) is 1.73. The van der Waals surface area contributed by atoms with Gasteiger partial charge in [0.2, 0.25) is 0 Å². The predicted octanol–water partition coefficient (Wildman–Crippen LogP) is 1.34. The number of aliphatic hydroxyl groups excluding tert-OH is 1. The Kier molecular flexibility index (Phi) is 1.98. The van der Waals surface area contributed by atoms with Gasteiger partial charge in [0.25, 0.3) is 0 Å². The normalized spacial score (nSPS) is 9.57. The van der Waals surface area contributed by atoms with Crippen molar-refractivity contribution in [2.24, 2.45) is 0 Å². The van der Waals surface area contributed by atoms with Crippen LogP contribution >= 0.6 is 11.6 Å². The van der Waals surface area contributed by atoms with Crippen molar-refractivity contribution in [2.45, 2.75) is 18.7 Å². The van der Waals surface area contributed by atoms with Crippen LogP contribution in [-0.4, -0.2) is 9.98 Å². The molecule has 7 heavy (non-hydrogen) atoms. The molecule has 0 radical (unpaired) electrons. The smallest absolute Gasteiger partial charge is 0.109 e. The molecule has 0 aliphatic heterocycles. The van der Waals surface area contributed by atoms with Crippen LogP contribution in [-0.2, 0) is 0 Å². The Morgan fingerprint density at radius 2 is 2.00 bits per heavy atom. The highest BCUT2D eigenvalue weighted by Gasteiger charge is 2.06. The minimum absolute atomic E-state index is 0.589. The van der Waals surface area contributed by atoms with Crippen molar-refractivity contribution in [3.05, 3.63) is 0 Å². The summed E-state index contributed by atoms with van der Waals surface area (Å²) < 4.78 is 0. The molecule has 0 aromatic rings. The fraction of sp³-hybridized carbons (Fsp3) is 0.600. The lowest BCUT2D eigenvalue weighted by Gasteiger charge is -2.01. The van der Waals surface area contributed by atoms with Gasteiger partial charge in [-0.2, -0.15) is 0 Å². The second-order valence-electron chi connectivity index (χ2n) is 1.71. The molecule has 0 unspecified atom stereocenters. The molecule has 0 fully saturated rings. The van der Waals surface area contributed by atoms with Crippen molar-refractivity contribution >= 4 is 11.6 Å². The Balaban J connectivity index is 3.72. The van der Waals surface area contributed by atoms with Crippen molar-refractivity contribution in [3.63, 3.8) is 0 Å². The first-order chi connectivity index (χ1) is 3.06. The topological polar surface area (TPSA) is 20.2 Å². The van der Waals surface area contributed by atoms with Gasteiger partial charge in [-0.3, -0.25) is 0 Å². The minimum atomic E-state index is -0.589. The van der Waals surface area contributed by atoms with Gasteiger partial charge in [-0.25, -0.2) is 0 Å². The van der Waals surface area contributed by atoms with Crippen LogP contribution < -0.4 is 0 Å². The van der Waals surface area contributed by atoms with E-state index < -0.39 is 4.87 Å². The van der Waals surface area contributed by atoms with E-state index in [1.807, 2.05) is 0 Å². The number of rotatable bonds is 0. The van der Waals surface area contributed by atoms with Crippen LogP contribution in [0.25, 0.3) is 0 Å². The molecular formula is C5H7ClO. The fourth-order valence-electron chi connectivity index (χ4n) is 0.133. The van der Waals surface area contributed by atoms with E-state index in [1.165, 1.54) is 0 Å². The third-order valence-corrected chi connectivity index (χ3v) is 0.448. The van der Waals surface area contributed by atoms with E-state index in [1.54, 1.807) is 20.0 Å². The first-order valence-corrected chi connectivity index (χ1v) is 2.29. The molecule has 0 atom stereocenters. The molecule has 0 spiro atoms. The minimum Gasteiger partial charge on any atom is -0.462 e. The molecule has 0 aromatic heterocycles. The van der Waals surface area contributed by atoms with E-state index in [0.717, 1.165) is 0 Å². The van der Waals surface area contributed by atoms with Gasteiger partial charge in [-0.1, -0.05) is 0 Å². The molecule has 0 amide bonds. The number of hydrogen-bond acceptors (Lipinski definition) is 1. The number of alkyl halides is 1. The van der Waals surface area contributed by atoms with Gasteiger partial charge in [0.15, 0.2) is 0 Å². The summed E-state index contributed by atoms with van der Waals surface area (Å²) in [4.78, 5) is -0.589. The molecular weight excluding hydrogens is 112 g/mol. The number of hydrogen-bond donors (Lipinski definition) is 1. The monoisotopic (exact) mass is 118 g/mol. The van der Waals surface area contributed by atoms with E-state index in [2.05, 4.69) is 5.92 Å². The molecule has 1 nitrogen and oxygen atoms in total. The van der Waals surface area contributed by atoms with Crippen molar-refractivity contribution in [1.29, 1.82) is 0 Å². The van der Waals surface area contributed by atoms with Crippen LogP contribution in [0.15, 0.2) is 0 Å². The van der Waals surface area contributed by atoms with E-state index in [-0.39, 0.29) is 0 Å². The zero-order valence-electron chi connectivity index (χ0n) is 4.33. The Labute approximate surface area is 48.3 Å². The van der Waals surface area contributed by atoms with Crippen LogP contribution in [0, 0.1) is 12.0 Å². The average molecular weight is 119 g/mol. The molecule has 2 heteroatoms. The fourth-order valence-corrected chi connectivity index (χ4v) is 0.175. The van der Waals surface area contributed by atoms with Gasteiger partial charge in [-0.05, 0) is 19.8 Å². The van der Waals surface area contributed by atoms with Gasteiger partial charge in [0, 0.05) is 0 Å². The van der Waals surface area contributed by atoms with Crippen molar-refractivity contribution in [3.8, 4) is 12.0 Å². The predicted molar refractivity (Wildman–Crippen MR) is 29.6 cm³/mol. The van der Waals surface area contributed by atoms with Crippen molar-refractivity contribution in [2.75, 3.05) is 0 Å². The molecule has 0 saturated carbocycles. The summed E-state index contributed by atoms with van der Waals surface area (Å²) in [5.41, 5.74) is 0. The van der Waals surface area contributed by atoms with Crippen LogP contribution in [0.4, 0.5) is 0 Å². The summed E-state index contributed by atoms with van der Waals surface area (Å²) in [6, 6.07) is 0. The standard InChI is InChI=1S/C5H7ClO/c1-5(2,6)3-4-7/h7H,1-2H3. The van der Waals surface area contributed by atoms with E-state index >= 15 is 0 Å². The second-order valence-corrected chi connectivity index (χ2v) is 2.65. The summed E-state index contributed by atoms with van der Waals surface area (Å²) in [5, 5.41) is 7.96. The lowest BCUT2D eigenvalue weighted by molar-refractivity contribution is 0.515. The van der Waals surface area contributed by atoms with Gasteiger partial charge < -0.3 is 5.11 Å². The Morgan fingerprint density at radius 1 is 1.57 bits per heavy atom. The highest BCUT2D eigenvalue weighted by atomic mass is 35.5. The van der Waals surface area contributed by atoms with Crippen LogP contribution in [0.3, 0.4) is 0 Å². The molecule has 0 aromatic carbocycles. The summed E-state index contributed by atoms with van der Waals surface area (Å²) >= 11 is 5.50. The highest BCUT2D eigenvalue weighted by molar-refractivity contribution is 6.25. The van der Waals surface area contributed by atoms with Crippen LogP contribution in [0.2, 0.25) is 0 Å². The van der Waals surface area contributed by atoms with E-state index in [0.29, 0.717) is 0 Å². The largest absolute Gasteiger partial charge is 0.462 e. The molecule has 40 valence electrons. The summed E-state index contributed by atoms with van der Waals surface area (Å²) in [7, 11) is 0. The summed E-state index contributed by atoms with van der Waals surface area (Å²) in [5.74, 6) is 2.36. The SMILES string of the molecule is CC(C)(Cl)C#CO. The molecule has 1 N–H and O–H groups in total. The molecule has 0 rings (SSSR count). The van der Waals surface area contributed by atoms with Crippen molar-refractivity contribution in [1.82, 2.24) is 0 Å². The van der Waals surface area contributed by atoms with Gasteiger partial charge in [0.05, 0.1) is 0 Å². The van der Waals surface area contributed by atoms with E-state index in [9.17, 15) is 0 Å². The number of aliphatic hydroxyl groups is 1. The number of halogens is 1. The molecule has 0 aliphatic carbocycles. The van der Waals surface area contributed by atoms with E-state index in [4.69, 9.17) is 16.7 Å². The van der Waals surface area contributed by atoms with Crippen LogP contribution in [0.5, 0.6) is 0 Å². The average Bonchev–Trinajstić information content (AvgIpc) is 1.30. The maximum atomic E-state index is 7.96. The lowest BCUT2D eigenvalue weighted by Crippen LogP contribution is -2.04. The Hall–Kier alpha value is -0.350. The first kappa shape index (κ1) is 6.65. The first-order valence-electron chi connectivity index (χ1n) is 1.91. The molecule has 0 aliphatic rings. The van der Waals surface area contributed by atoms with Crippen molar-refractivity contribution < 1.29 is 5.11 Å².